The fourth-order valence-electron chi connectivity index (χ4n) is 5.02. The molecule has 0 saturated carbocycles. The Labute approximate surface area is 244 Å². The fourth-order valence-corrected chi connectivity index (χ4v) is 5.02. The van der Waals surface area contributed by atoms with Crippen LogP contribution in [0.25, 0.3) is 0 Å². The van der Waals surface area contributed by atoms with E-state index in [-0.39, 0.29) is 11.6 Å². The number of benzene rings is 1. The zero-order chi connectivity index (χ0) is 29.8. The smallest absolute Gasteiger partial charge is 0.190 e. The van der Waals surface area contributed by atoms with Gasteiger partial charge in [0, 0.05) is 22.3 Å². The molecule has 1 aromatic carbocycles. The van der Waals surface area contributed by atoms with Gasteiger partial charge in [0.05, 0.1) is 0 Å². The summed E-state index contributed by atoms with van der Waals surface area (Å²) in [6.07, 6.45) is 20.8. The molecule has 0 aliphatic heterocycles. The number of hydrogen-bond acceptors (Lipinski definition) is 2. The van der Waals surface area contributed by atoms with Crippen molar-refractivity contribution in [1.82, 2.24) is 0 Å². The highest BCUT2D eigenvalue weighted by Gasteiger charge is 2.29. The fraction of sp³-hybridized carbons (Fsp3) is 0.474. The van der Waals surface area contributed by atoms with Crippen LogP contribution in [0.4, 0.5) is 0 Å². The third-order valence-electron chi connectivity index (χ3n) is 8.03. The first-order valence-corrected chi connectivity index (χ1v) is 15.1. The molecule has 1 aromatic rings. The van der Waals surface area contributed by atoms with Crippen molar-refractivity contribution in [1.29, 1.82) is 0 Å². The molecule has 2 heteroatoms. The molecule has 1 aliphatic rings. The zero-order valence-electron chi connectivity index (χ0n) is 26.7. The molecule has 0 saturated heterocycles. The van der Waals surface area contributed by atoms with Gasteiger partial charge >= 0.3 is 0 Å². The summed E-state index contributed by atoms with van der Waals surface area (Å²) in [5.41, 5.74) is 11.5. The van der Waals surface area contributed by atoms with E-state index >= 15 is 0 Å². The molecule has 2 rings (SSSR count). The highest BCUT2D eigenvalue weighted by Crippen LogP contribution is 2.30. The van der Waals surface area contributed by atoms with Crippen LogP contribution in [0, 0.1) is 13.8 Å². The first-order chi connectivity index (χ1) is 18.9. The van der Waals surface area contributed by atoms with E-state index in [1.165, 1.54) is 27.9 Å². The van der Waals surface area contributed by atoms with E-state index in [1.807, 2.05) is 26.0 Å². The topological polar surface area (TPSA) is 34.1 Å². The average Bonchev–Trinajstić information content (AvgIpc) is 2.88. The van der Waals surface area contributed by atoms with Crippen molar-refractivity contribution in [3.8, 4) is 0 Å². The van der Waals surface area contributed by atoms with E-state index < -0.39 is 0 Å². The lowest BCUT2D eigenvalue weighted by atomic mass is 9.81. The lowest BCUT2D eigenvalue weighted by Crippen LogP contribution is -2.21. The van der Waals surface area contributed by atoms with Crippen molar-refractivity contribution in [2.24, 2.45) is 0 Å². The lowest BCUT2D eigenvalue weighted by molar-refractivity contribution is 0.0973. The maximum Gasteiger partial charge on any atom is 0.190 e. The molecule has 0 amide bonds. The van der Waals surface area contributed by atoms with E-state index in [0.29, 0.717) is 28.7 Å². The summed E-state index contributed by atoms with van der Waals surface area (Å²) >= 11 is 0. The van der Waals surface area contributed by atoms with Crippen LogP contribution < -0.4 is 0 Å². The molecular weight excluding hydrogens is 488 g/mol. The number of carbonyl (C=O) groups is 2. The molecule has 2 nitrogen and oxygen atoms in total. The molecule has 0 bridgehead atoms. The summed E-state index contributed by atoms with van der Waals surface area (Å²) in [6, 6.07) is 3.75. The van der Waals surface area contributed by atoms with E-state index in [0.717, 1.165) is 62.5 Å². The van der Waals surface area contributed by atoms with Crippen molar-refractivity contribution in [2.75, 3.05) is 0 Å². The molecule has 0 atom stereocenters. The molecule has 0 fully saturated rings. The lowest BCUT2D eigenvalue weighted by Gasteiger charge is -2.20. The second kappa shape index (κ2) is 16.3. The van der Waals surface area contributed by atoms with Crippen LogP contribution in [0.3, 0.4) is 0 Å². The van der Waals surface area contributed by atoms with E-state index in [9.17, 15) is 9.59 Å². The van der Waals surface area contributed by atoms with Crippen molar-refractivity contribution in [3.05, 3.63) is 104 Å². The third-order valence-corrected chi connectivity index (χ3v) is 8.03. The van der Waals surface area contributed by atoms with Crippen LogP contribution in [-0.2, 0) is 0 Å². The molecule has 0 radical (unpaired) electrons. The normalized spacial score (nSPS) is 15.1. The number of fused-ring (bicyclic) bond motifs is 1. The molecule has 0 heterocycles. The Balaban J connectivity index is 1.79. The SMILES string of the molecule is CC(C)=CCC/C(C)=C/CC/C(C)=C/CC/C(C)=C/CC/C(C)=C/CC1=C(C)C(=O)c2cc(C)c(C)cc2C1=O. The van der Waals surface area contributed by atoms with E-state index in [2.05, 4.69) is 71.9 Å². The van der Waals surface area contributed by atoms with Crippen molar-refractivity contribution in [3.63, 3.8) is 0 Å². The predicted octanol–water partition coefficient (Wildman–Crippen LogP) is 11.3. The van der Waals surface area contributed by atoms with Crippen LogP contribution in [0.5, 0.6) is 0 Å². The van der Waals surface area contributed by atoms with Gasteiger partial charge < -0.3 is 0 Å². The largest absolute Gasteiger partial charge is 0.289 e. The van der Waals surface area contributed by atoms with Gasteiger partial charge in [0.25, 0.3) is 0 Å². The summed E-state index contributed by atoms with van der Waals surface area (Å²) in [7, 11) is 0. The van der Waals surface area contributed by atoms with Crippen LogP contribution in [0.2, 0.25) is 0 Å². The Hall–Kier alpha value is -3.00. The molecule has 40 heavy (non-hydrogen) atoms. The molecule has 0 aromatic heterocycles. The van der Waals surface area contributed by atoms with Crippen LogP contribution in [-0.4, -0.2) is 11.6 Å². The third kappa shape index (κ3) is 10.5. The van der Waals surface area contributed by atoms with Gasteiger partial charge in [-0.2, -0.15) is 0 Å². The monoisotopic (exact) mass is 540 g/mol. The summed E-state index contributed by atoms with van der Waals surface area (Å²) in [5, 5.41) is 0. The summed E-state index contributed by atoms with van der Waals surface area (Å²) in [4.78, 5) is 26.1. The molecule has 0 unspecified atom stereocenters. The Morgan fingerprint density at radius 3 is 1.35 bits per heavy atom. The van der Waals surface area contributed by atoms with Gasteiger partial charge in [-0.15, -0.1) is 0 Å². The van der Waals surface area contributed by atoms with Gasteiger partial charge in [-0.25, -0.2) is 0 Å². The van der Waals surface area contributed by atoms with Gasteiger partial charge in [-0.3, -0.25) is 9.59 Å². The minimum absolute atomic E-state index is 0.00367. The molecule has 0 N–H and O–H groups in total. The van der Waals surface area contributed by atoms with Crippen LogP contribution >= 0.6 is 0 Å². The quantitative estimate of drug-likeness (QED) is 0.220. The number of hydrogen-bond donors (Lipinski definition) is 0. The number of Topliss-reactive ketones (excluding diaryl/α,β-unsaturated/α-hetero) is 2. The zero-order valence-corrected chi connectivity index (χ0v) is 26.7. The number of allylic oxidation sites excluding steroid dienone is 12. The Kier molecular flexibility index (Phi) is 13.5. The molecule has 1 aliphatic carbocycles. The van der Waals surface area contributed by atoms with Crippen molar-refractivity contribution < 1.29 is 9.59 Å². The number of rotatable bonds is 14. The summed E-state index contributed by atoms with van der Waals surface area (Å²) in [6.45, 7) is 18.9. The highest BCUT2D eigenvalue weighted by atomic mass is 16.1. The second-order valence-electron chi connectivity index (χ2n) is 12.1. The summed E-state index contributed by atoms with van der Waals surface area (Å²) < 4.78 is 0. The maximum absolute atomic E-state index is 13.2. The number of aryl methyl sites for hydroxylation is 2. The maximum atomic E-state index is 13.2. The number of ketones is 2. The number of carbonyl (C=O) groups excluding carboxylic acids is 2. The predicted molar refractivity (Wildman–Crippen MR) is 173 cm³/mol. The molecule has 0 spiro atoms. The van der Waals surface area contributed by atoms with Gasteiger partial charge in [0.2, 0.25) is 0 Å². The van der Waals surface area contributed by atoms with Crippen molar-refractivity contribution >= 4 is 11.6 Å². The van der Waals surface area contributed by atoms with E-state index in [1.54, 1.807) is 6.92 Å². The minimum atomic E-state index is -0.0108. The first-order valence-electron chi connectivity index (χ1n) is 15.1. The second-order valence-corrected chi connectivity index (χ2v) is 12.1. The highest BCUT2D eigenvalue weighted by molar-refractivity contribution is 6.26. The Bertz CT molecular complexity index is 1270. The van der Waals surface area contributed by atoms with E-state index in [4.69, 9.17) is 0 Å². The Morgan fingerprint density at radius 2 is 0.925 bits per heavy atom. The van der Waals surface area contributed by atoms with Gasteiger partial charge in [0.1, 0.15) is 0 Å². The standard InChI is InChI=1S/C38H52O2/c1-26(2)14-10-15-27(3)16-11-17-28(4)18-12-19-29(5)20-13-21-30(6)22-23-34-33(9)37(39)35-24-31(7)32(8)25-36(35)38(34)40/h14,16,18,20,22,24-25H,10-13,15,17,19,21,23H2,1-9H3/b27-16+,28-18+,29-20+,30-22+. The average molecular weight is 541 g/mol. The molecular formula is C38H52O2. The molecule has 216 valence electrons. The van der Waals surface area contributed by atoms with Gasteiger partial charge in [-0.1, -0.05) is 58.2 Å². The van der Waals surface area contributed by atoms with Gasteiger partial charge in [-0.05, 0) is 143 Å². The Morgan fingerprint density at radius 1 is 0.550 bits per heavy atom. The van der Waals surface area contributed by atoms with Crippen LogP contribution in [0.1, 0.15) is 138 Å². The summed E-state index contributed by atoms with van der Waals surface area (Å²) in [5.74, 6) is -0.00715. The first kappa shape index (κ1) is 33.2. The minimum Gasteiger partial charge on any atom is -0.289 e. The van der Waals surface area contributed by atoms with Gasteiger partial charge in [0.15, 0.2) is 11.6 Å². The van der Waals surface area contributed by atoms with Crippen LogP contribution in [0.15, 0.2) is 81.5 Å². The van der Waals surface area contributed by atoms with Crippen molar-refractivity contribution in [2.45, 2.75) is 120 Å².